The molecule has 6 nitrogen and oxygen atoms in total. The highest BCUT2D eigenvalue weighted by Crippen LogP contribution is 2.37. The van der Waals surface area contributed by atoms with Crippen molar-refractivity contribution in [2.75, 3.05) is 13.2 Å². The van der Waals surface area contributed by atoms with E-state index in [4.69, 9.17) is 4.18 Å². The van der Waals surface area contributed by atoms with Gasteiger partial charge in [0.2, 0.25) is 5.82 Å². The summed E-state index contributed by atoms with van der Waals surface area (Å²) >= 11 is 1.41. The van der Waals surface area contributed by atoms with Crippen molar-refractivity contribution in [2.45, 2.75) is 44.9 Å². The first-order valence-corrected chi connectivity index (χ1v) is 9.03. The number of hydrogen-bond acceptors (Lipinski definition) is 5. The molecule has 140 valence electrons. The van der Waals surface area contributed by atoms with Gasteiger partial charge in [-0.15, -0.1) is 0 Å². The average Bonchev–Trinajstić information content (AvgIpc) is 2.93. The Morgan fingerprint density at radius 3 is 2.76 bits per heavy atom. The predicted molar refractivity (Wildman–Crippen MR) is 96.1 cm³/mol. The van der Waals surface area contributed by atoms with Crippen LogP contribution in [0, 0.1) is 17.7 Å². The Labute approximate surface area is 150 Å². The quantitative estimate of drug-likeness (QED) is 0.566. The van der Waals surface area contributed by atoms with Crippen LogP contribution in [0.2, 0.25) is 0 Å². The summed E-state index contributed by atoms with van der Waals surface area (Å²) in [5.74, 6) is -0.635. The minimum atomic E-state index is -1.03. The third-order valence-corrected chi connectivity index (χ3v) is 6.01. The molecule has 1 aromatic heterocycles. The average molecular weight is 372 g/mol. The summed E-state index contributed by atoms with van der Waals surface area (Å²) in [5.41, 5.74) is -0.939. The molecule has 1 heterocycles. The van der Waals surface area contributed by atoms with Gasteiger partial charge in [0.25, 0.3) is 5.56 Å². The van der Waals surface area contributed by atoms with Crippen LogP contribution in [0.5, 0.6) is 0 Å². The zero-order valence-corrected chi connectivity index (χ0v) is 15.7. The number of nitrogens with zero attached hydrogens (tertiary/aromatic N) is 1. The van der Waals surface area contributed by atoms with Crippen LogP contribution in [0.3, 0.4) is 0 Å². The molecule has 0 saturated carbocycles. The summed E-state index contributed by atoms with van der Waals surface area (Å²) < 4.78 is 20.4. The summed E-state index contributed by atoms with van der Waals surface area (Å²) in [6, 6.07) is -0.419. The summed E-state index contributed by atoms with van der Waals surface area (Å²) in [6.07, 6.45) is 3.16. The van der Waals surface area contributed by atoms with E-state index in [2.05, 4.69) is 27.7 Å². The van der Waals surface area contributed by atoms with E-state index < -0.39 is 23.1 Å². The second-order valence-electron chi connectivity index (χ2n) is 7.17. The lowest BCUT2D eigenvalue weighted by Crippen LogP contribution is -2.33. The molecule has 2 atom stereocenters. The molecule has 0 unspecified atom stereocenters. The molecule has 0 saturated heterocycles. The van der Waals surface area contributed by atoms with E-state index in [0.717, 1.165) is 16.3 Å². The molecule has 1 aliphatic carbocycles. The molecular weight excluding hydrogens is 347 g/mol. The highest BCUT2D eigenvalue weighted by Gasteiger charge is 2.30. The van der Waals surface area contributed by atoms with Gasteiger partial charge in [-0.2, -0.15) is 4.39 Å². The molecule has 0 fully saturated rings. The summed E-state index contributed by atoms with van der Waals surface area (Å²) in [5, 5.41) is 9.57. The molecule has 8 heteroatoms. The van der Waals surface area contributed by atoms with Crippen molar-refractivity contribution in [3.8, 4) is 0 Å². The van der Waals surface area contributed by atoms with E-state index in [9.17, 15) is 19.1 Å². The lowest BCUT2D eigenvalue weighted by molar-refractivity contribution is 0.260. The standard InChI is InChI=1S/C17H25FN2O4S/c1-10(2)17(3,4)25-24-9-12-6-13(5-11(12)8-21)20-7-14(18)15(22)19-16(20)23/h5,7,10,12-13,21H,6,8-9H2,1-4H3,(H,19,22,23)/t12-,13+/m1/s1. The first-order chi connectivity index (χ1) is 11.7. The van der Waals surface area contributed by atoms with Crippen LogP contribution >= 0.6 is 12.0 Å². The van der Waals surface area contributed by atoms with Crippen molar-refractivity contribution >= 4 is 12.0 Å². The minimum absolute atomic E-state index is 0.0416. The molecule has 0 amide bonds. The third-order valence-electron chi connectivity index (χ3n) is 4.85. The fourth-order valence-corrected chi connectivity index (χ4v) is 3.24. The van der Waals surface area contributed by atoms with Gasteiger partial charge in [0.1, 0.15) is 0 Å². The van der Waals surface area contributed by atoms with Gasteiger partial charge in [-0.1, -0.05) is 19.9 Å². The van der Waals surface area contributed by atoms with Crippen molar-refractivity contribution in [1.29, 1.82) is 0 Å². The molecular formula is C17H25FN2O4S. The van der Waals surface area contributed by atoms with Gasteiger partial charge >= 0.3 is 5.69 Å². The van der Waals surface area contributed by atoms with Gasteiger partial charge in [0.15, 0.2) is 0 Å². The van der Waals surface area contributed by atoms with Crippen LogP contribution in [-0.2, 0) is 4.18 Å². The van der Waals surface area contributed by atoms with E-state index in [-0.39, 0.29) is 17.3 Å². The molecule has 0 aliphatic heterocycles. The Balaban J connectivity index is 2.08. The minimum Gasteiger partial charge on any atom is -0.392 e. The smallest absolute Gasteiger partial charge is 0.329 e. The number of rotatable bonds is 7. The molecule has 2 N–H and O–H groups in total. The van der Waals surface area contributed by atoms with Gasteiger partial charge in [0.05, 0.1) is 25.5 Å². The van der Waals surface area contributed by atoms with E-state index in [1.165, 1.54) is 12.0 Å². The summed E-state index contributed by atoms with van der Waals surface area (Å²) in [7, 11) is 0. The Morgan fingerprint density at radius 2 is 2.16 bits per heavy atom. The number of aliphatic hydroxyl groups is 1. The fraction of sp³-hybridized carbons (Fsp3) is 0.647. The monoisotopic (exact) mass is 372 g/mol. The van der Waals surface area contributed by atoms with Crippen molar-refractivity contribution in [1.82, 2.24) is 9.55 Å². The fourth-order valence-electron chi connectivity index (χ4n) is 2.52. The Hall–Kier alpha value is -1.38. The maximum Gasteiger partial charge on any atom is 0.329 e. The van der Waals surface area contributed by atoms with E-state index in [1.54, 1.807) is 6.08 Å². The van der Waals surface area contributed by atoms with E-state index in [0.29, 0.717) is 18.9 Å². The third kappa shape index (κ3) is 4.62. The first kappa shape index (κ1) is 19.9. The number of aromatic nitrogens is 2. The first-order valence-electron chi connectivity index (χ1n) is 8.28. The molecule has 0 radical (unpaired) electrons. The maximum absolute atomic E-state index is 13.5. The molecule has 1 aliphatic rings. The van der Waals surface area contributed by atoms with Crippen molar-refractivity contribution in [2.24, 2.45) is 11.8 Å². The Kier molecular flexibility index (Phi) is 6.29. The number of aliphatic hydroxyl groups excluding tert-OH is 1. The van der Waals surface area contributed by atoms with Crippen LogP contribution in [-0.4, -0.2) is 32.6 Å². The van der Waals surface area contributed by atoms with Gasteiger partial charge in [-0.3, -0.25) is 14.3 Å². The summed E-state index contributed by atoms with van der Waals surface area (Å²) in [6.45, 7) is 8.69. The Morgan fingerprint density at radius 1 is 1.48 bits per heavy atom. The van der Waals surface area contributed by atoms with Crippen LogP contribution < -0.4 is 11.2 Å². The number of aromatic amines is 1. The number of allylic oxidation sites excluding steroid dienone is 1. The molecule has 0 spiro atoms. The highest BCUT2D eigenvalue weighted by molar-refractivity contribution is 7.96. The van der Waals surface area contributed by atoms with Crippen LogP contribution in [0.1, 0.15) is 40.2 Å². The molecule has 0 bridgehead atoms. The Bertz CT molecular complexity index is 754. The molecule has 25 heavy (non-hydrogen) atoms. The van der Waals surface area contributed by atoms with Crippen LogP contribution in [0.25, 0.3) is 0 Å². The van der Waals surface area contributed by atoms with Crippen molar-refractivity contribution in [3.05, 3.63) is 44.5 Å². The number of halogens is 1. The van der Waals surface area contributed by atoms with Gasteiger partial charge in [-0.05, 0) is 43.8 Å². The van der Waals surface area contributed by atoms with Crippen LogP contribution in [0.15, 0.2) is 27.4 Å². The second kappa shape index (κ2) is 7.88. The van der Waals surface area contributed by atoms with Crippen molar-refractivity contribution < 1.29 is 13.7 Å². The number of nitrogens with one attached hydrogen (secondary N) is 1. The second-order valence-corrected chi connectivity index (χ2v) is 8.62. The van der Waals surface area contributed by atoms with Gasteiger partial charge in [-0.25, -0.2) is 4.79 Å². The number of hydrogen-bond donors (Lipinski definition) is 2. The summed E-state index contributed by atoms with van der Waals surface area (Å²) in [4.78, 5) is 25.0. The van der Waals surface area contributed by atoms with Gasteiger partial charge < -0.3 is 9.29 Å². The highest BCUT2D eigenvalue weighted by atomic mass is 32.2. The SMILES string of the molecule is CC(C)C(C)(C)SOC[C@H]1C[C@@H](n2cc(F)c(=O)[nH]c2=O)C=C1CO. The topological polar surface area (TPSA) is 84.3 Å². The lowest BCUT2D eigenvalue weighted by Gasteiger charge is -2.28. The molecule has 0 aromatic carbocycles. The van der Waals surface area contributed by atoms with E-state index >= 15 is 0 Å². The molecule has 1 aromatic rings. The molecule has 2 rings (SSSR count). The van der Waals surface area contributed by atoms with Gasteiger partial charge in [0, 0.05) is 10.7 Å². The van der Waals surface area contributed by atoms with E-state index in [1.807, 2.05) is 4.98 Å². The zero-order valence-electron chi connectivity index (χ0n) is 14.9. The lowest BCUT2D eigenvalue weighted by atomic mass is 10.00. The predicted octanol–water partition coefficient (Wildman–Crippen LogP) is 2.25. The van der Waals surface area contributed by atoms with Crippen LogP contribution in [0.4, 0.5) is 4.39 Å². The largest absolute Gasteiger partial charge is 0.392 e. The zero-order chi connectivity index (χ0) is 18.8. The maximum atomic E-state index is 13.5. The van der Waals surface area contributed by atoms with Crippen molar-refractivity contribution in [3.63, 3.8) is 0 Å². The number of H-pyrrole nitrogens is 1. The normalized spacial score (nSPS) is 21.0.